The minimum atomic E-state index is -1.04. The molecule has 0 aliphatic rings. The van der Waals surface area contributed by atoms with Crippen molar-refractivity contribution in [3.05, 3.63) is 59.7 Å². The standard InChI is InChI=1S/C15H13NO4/c1-20-13-7-3-4-10(9-13)14(17)16-12-6-2-5-11(8-12)15(18)19/h2-9H,1H3,(H,16,17)(H,18,19). The Morgan fingerprint density at radius 2 is 1.75 bits per heavy atom. The van der Waals surface area contributed by atoms with Gasteiger partial charge in [0.25, 0.3) is 5.91 Å². The van der Waals surface area contributed by atoms with Gasteiger partial charge in [-0.2, -0.15) is 0 Å². The normalized spacial score (nSPS) is 9.85. The topological polar surface area (TPSA) is 75.6 Å². The van der Waals surface area contributed by atoms with E-state index in [1.165, 1.54) is 19.2 Å². The second-order valence-electron chi connectivity index (χ2n) is 4.07. The highest BCUT2D eigenvalue weighted by atomic mass is 16.5. The van der Waals surface area contributed by atoms with Gasteiger partial charge in [0.05, 0.1) is 12.7 Å². The number of carbonyl (C=O) groups excluding carboxylic acids is 1. The molecule has 5 heteroatoms. The van der Waals surface area contributed by atoms with Crippen LogP contribution in [0.5, 0.6) is 5.75 Å². The summed E-state index contributed by atoms with van der Waals surface area (Å²) in [5.41, 5.74) is 0.983. The highest BCUT2D eigenvalue weighted by molar-refractivity contribution is 6.05. The SMILES string of the molecule is COc1cccc(C(=O)Nc2cccc(C(=O)O)c2)c1. The van der Waals surface area contributed by atoms with Crippen LogP contribution in [0.3, 0.4) is 0 Å². The maximum Gasteiger partial charge on any atom is 0.335 e. The first-order chi connectivity index (χ1) is 9.60. The van der Waals surface area contributed by atoms with Gasteiger partial charge in [0.15, 0.2) is 0 Å². The minimum absolute atomic E-state index is 0.119. The van der Waals surface area contributed by atoms with Gasteiger partial charge in [-0.15, -0.1) is 0 Å². The number of anilines is 1. The quantitative estimate of drug-likeness (QED) is 0.896. The van der Waals surface area contributed by atoms with E-state index in [2.05, 4.69) is 5.32 Å². The van der Waals surface area contributed by atoms with E-state index in [1.807, 2.05) is 0 Å². The summed E-state index contributed by atoms with van der Waals surface area (Å²) in [6.07, 6.45) is 0. The summed E-state index contributed by atoms with van der Waals surface area (Å²) in [5, 5.41) is 11.5. The van der Waals surface area contributed by atoms with Crippen LogP contribution in [0.4, 0.5) is 5.69 Å². The van der Waals surface area contributed by atoms with E-state index in [1.54, 1.807) is 36.4 Å². The van der Waals surface area contributed by atoms with E-state index in [9.17, 15) is 9.59 Å². The van der Waals surface area contributed by atoms with Crippen molar-refractivity contribution in [2.45, 2.75) is 0 Å². The molecule has 102 valence electrons. The van der Waals surface area contributed by atoms with E-state index in [4.69, 9.17) is 9.84 Å². The van der Waals surface area contributed by atoms with Crippen LogP contribution in [0, 0.1) is 0 Å². The molecule has 0 unspecified atom stereocenters. The largest absolute Gasteiger partial charge is 0.497 e. The molecule has 2 aromatic carbocycles. The maximum absolute atomic E-state index is 12.0. The van der Waals surface area contributed by atoms with Crippen LogP contribution in [-0.4, -0.2) is 24.1 Å². The number of carbonyl (C=O) groups is 2. The Balaban J connectivity index is 2.18. The lowest BCUT2D eigenvalue weighted by molar-refractivity contribution is 0.0696. The first-order valence-electron chi connectivity index (χ1n) is 5.89. The van der Waals surface area contributed by atoms with E-state index in [0.717, 1.165) is 0 Å². The number of rotatable bonds is 4. The van der Waals surface area contributed by atoms with Crippen molar-refractivity contribution < 1.29 is 19.4 Å². The number of carboxylic acids is 1. The van der Waals surface area contributed by atoms with Crippen molar-refractivity contribution in [1.82, 2.24) is 0 Å². The Bertz CT molecular complexity index is 652. The summed E-state index contributed by atoms with van der Waals surface area (Å²) >= 11 is 0. The zero-order valence-electron chi connectivity index (χ0n) is 10.8. The van der Waals surface area contributed by atoms with Crippen LogP contribution in [0.2, 0.25) is 0 Å². The molecule has 0 saturated heterocycles. The number of carboxylic acid groups (broad SMARTS) is 1. The average molecular weight is 271 g/mol. The number of nitrogens with one attached hydrogen (secondary N) is 1. The average Bonchev–Trinajstić information content (AvgIpc) is 2.47. The molecule has 0 fully saturated rings. The molecular weight excluding hydrogens is 258 g/mol. The maximum atomic E-state index is 12.0. The second kappa shape index (κ2) is 5.88. The monoisotopic (exact) mass is 271 g/mol. The number of ether oxygens (including phenoxy) is 1. The van der Waals surface area contributed by atoms with Crippen LogP contribution >= 0.6 is 0 Å². The van der Waals surface area contributed by atoms with Crippen LogP contribution < -0.4 is 10.1 Å². The first kappa shape index (κ1) is 13.6. The van der Waals surface area contributed by atoms with Gasteiger partial charge in [-0.05, 0) is 36.4 Å². The number of amides is 1. The van der Waals surface area contributed by atoms with E-state index < -0.39 is 5.97 Å². The molecule has 0 atom stereocenters. The lowest BCUT2D eigenvalue weighted by atomic mass is 10.1. The summed E-state index contributed by atoms with van der Waals surface area (Å²) in [6.45, 7) is 0. The molecule has 0 aromatic heterocycles. The summed E-state index contributed by atoms with van der Waals surface area (Å²) in [7, 11) is 1.52. The zero-order chi connectivity index (χ0) is 14.5. The third-order valence-electron chi connectivity index (χ3n) is 2.70. The molecule has 0 spiro atoms. The highest BCUT2D eigenvalue weighted by Crippen LogP contribution is 2.16. The van der Waals surface area contributed by atoms with Crippen LogP contribution in [0.15, 0.2) is 48.5 Å². The van der Waals surface area contributed by atoms with Crippen molar-refractivity contribution in [2.24, 2.45) is 0 Å². The molecular formula is C15H13NO4. The molecule has 2 aromatic rings. The fraction of sp³-hybridized carbons (Fsp3) is 0.0667. The summed E-state index contributed by atoms with van der Waals surface area (Å²) < 4.78 is 5.05. The Kier molecular flexibility index (Phi) is 4.00. The third-order valence-corrected chi connectivity index (χ3v) is 2.70. The summed E-state index contributed by atoms with van der Waals surface area (Å²) in [6, 6.07) is 12.8. The van der Waals surface area contributed by atoms with E-state index in [-0.39, 0.29) is 11.5 Å². The molecule has 0 heterocycles. The Morgan fingerprint density at radius 1 is 1.05 bits per heavy atom. The molecule has 20 heavy (non-hydrogen) atoms. The first-order valence-corrected chi connectivity index (χ1v) is 5.89. The molecule has 2 rings (SSSR count). The van der Waals surface area contributed by atoms with Crippen LogP contribution in [0.25, 0.3) is 0 Å². The Labute approximate surface area is 115 Å². The molecule has 0 bridgehead atoms. The van der Waals surface area contributed by atoms with Gasteiger partial charge in [0, 0.05) is 11.3 Å². The molecule has 5 nitrogen and oxygen atoms in total. The second-order valence-corrected chi connectivity index (χ2v) is 4.07. The number of aromatic carboxylic acids is 1. The fourth-order valence-corrected chi connectivity index (χ4v) is 1.70. The van der Waals surface area contributed by atoms with E-state index in [0.29, 0.717) is 17.0 Å². The smallest absolute Gasteiger partial charge is 0.335 e. The predicted octanol–water partition coefficient (Wildman–Crippen LogP) is 2.65. The molecule has 2 N–H and O–H groups in total. The van der Waals surface area contributed by atoms with Gasteiger partial charge in [-0.1, -0.05) is 12.1 Å². The Hall–Kier alpha value is -2.82. The van der Waals surface area contributed by atoms with Crippen molar-refractivity contribution >= 4 is 17.6 Å². The molecule has 0 aliphatic carbocycles. The van der Waals surface area contributed by atoms with Gasteiger partial charge in [0.2, 0.25) is 0 Å². The molecule has 1 amide bonds. The molecule has 0 aliphatic heterocycles. The van der Waals surface area contributed by atoms with Crippen LogP contribution in [-0.2, 0) is 0 Å². The van der Waals surface area contributed by atoms with Gasteiger partial charge in [0.1, 0.15) is 5.75 Å². The van der Waals surface area contributed by atoms with E-state index >= 15 is 0 Å². The molecule has 0 radical (unpaired) electrons. The molecule has 0 saturated carbocycles. The van der Waals surface area contributed by atoms with Gasteiger partial charge >= 0.3 is 5.97 Å². The minimum Gasteiger partial charge on any atom is -0.497 e. The fourth-order valence-electron chi connectivity index (χ4n) is 1.70. The van der Waals surface area contributed by atoms with Crippen molar-refractivity contribution in [3.63, 3.8) is 0 Å². The third kappa shape index (κ3) is 3.14. The zero-order valence-corrected chi connectivity index (χ0v) is 10.8. The predicted molar refractivity (Wildman–Crippen MR) is 74.3 cm³/mol. The van der Waals surface area contributed by atoms with Gasteiger partial charge in [-0.25, -0.2) is 4.79 Å². The number of hydrogen-bond acceptors (Lipinski definition) is 3. The lowest BCUT2D eigenvalue weighted by Gasteiger charge is -2.07. The van der Waals surface area contributed by atoms with Gasteiger partial charge < -0.3 is 15.2 Å². The van der Waals surface area contributed by atoms with Crippen molar-refractivity contribution in [2.75, 3.05) is 12.4 Å². The van der Waals surface area contributed by atoms with Crippen LogP contribution in [0.1, 0.15) is 20.7 Å². The summed E-state index contributed by atoms with van der Waals surface area (Å²) in [4.78, 5) is 22.9. The van der Waals surface area contributed by atoms with Crippen molar-refractivity contribution in [1.29, 1.82) is 0 Å². The van der Waals surface area contributed by atoms with Crippen molar-refractivity contribution in [3.8, 4) is 5.75 Å². The number of hydrogen-bond donors (Lipinski definition) is 2. The number of benzene rings is 2. The highest BCUT2D eigenvalue weighted by Gasteiger charge is 2.09. The van der Waals surface area contributed by atoms with Gasteiger partial charge in [-0.3, -0.25) is 4.79 Å². The lowest BCUT2D eigenvalue weighted by Crippen LogP contribution is -2.12. The Morgan fingerprint density at radius 3 is 2.45 bits per heavy atom. The number of methoxy groups -OCH3 is 1. The summed E-state index contributed by atoms with van der Waals surface area (Å²) in [5.74, 6) is -0.786.